The number of carbonyl (C=O) groups excluding carboxylic acids is 2. The molecule has 0 bridgehead atoms. The summed E-state index contributed by atoms with van der Waals surface area (Å²) in [6.45, 7) is 1.78. The van der Waals surface area contributed by atoms with E-state index < -0.39 is 0 Å². The smallest absolute Gasteiger partial charge is 0.244 e. The number of amides is 2. The molecule has 0 unspecified atom stereocenters. The Kier molecular flexibility index (Phi) is 6.55. The van der Waals surface area contributed by atoms with Crippen LogP contribution in [-0.2, 0) is 16.0 Å². The van der Waals surface area contributed by atoms with Crippen molar-refractivity contribution in [3.63, 3.8) is 0 Å². The Labute approximate surface area is 151 Å². The average molecular weight is 356 g/mol. The highest BCUT2D eigenvalue weighted by Gasteiger charge is 2.14. The van der Waals surface area contributed by atoms with Crippen molar-refractivity contribution in [3.8, 4) is 6.07 Å². The van der Waals surface area contributed by atoms with Gasteiger partial charge in [0.1, 0.15) is 6.07 Å². The first-order valence-corrected chi connectivity index (χ1v) is 8.16. The third kappa shape index (κ3) is 5.63. The van der Waals surface area contributed by atoms with Crippen molar-refractivity contribution < 1.29 is 9.59 Å². The summed E-state index contributed by atoms with van der Waals surface area (Å²) < 4.78 is 0. The lowest BCUT2D eigenvalue weighted by Gasteiger charge is -2.20. The second-order valence-corrected chi connectivity index (χ2v) is 5.96. The summed E-state index contributed by atoms with van der Waals surface area (Å²) in [7, 11) is 0. The fraction of sp³-hybridized carbons (Fsp3) is 0.211. The molecule has 25 heavy (non-hydrogen) atoms. The third-order valence-corrected chi connectivity index (χ3v) is 3.94. The summed E-state index contributed by atoms with van der Waals surface area (Å²) in [4.78, 5) is 25.5. The van der Waals surface area contributed by atoms with Gasteiger partial charge in [0.15, 0.2) is 0 Å². The Morgan fingerprint density at radius 2 is 1.84 bits per heavy atom. The lowest BCUT2D eigenvalue weighted by atomic mass is 10.1. The summed E-state index contributed by atoms with van der Waals surface area (Å²) in [5.74, 6) is -0.522. The van der Waals surface area contributed by atoms with Gasteiger partial charge in [-0.15, -0.1) is 0 Å². The van der Waals surface area contributed by atoms with Gasteiger partial charge in [0.25, 0.3) is 0 Å². The number of rotatable bonds is 6. The molecule has 0 aliphatic rings. The van der Waals surface area contributed by atoms with Gasteiger partial charge in [-0.3, -0.25) is 9.59 Å². The largest absolute Gasteiger partial charge is 0.333 e. The van der Waals surface area contributed by atoms with Gasteiger partial charge in [-0.05, 0) is 36.2 Å². The van der Waals surface area contributed by atoms with Crippen LogP contribution in [0.15, 0.2) is 48.5 Å². The van der Waals surface area contributed by atoms with Crippen molar-refractivity contribution in [2.24, 2.45) is 0 Å². The third-order valence-electron chi connectivity index (χ3n) is 3.69. The second-order valence-electron chi connectivity index (χ2n) is 5.52. The summed E-state index contributed by atoms with van der Waals surface area (Å²) in [5, 5.41) is 12.4. The Hall–Kier alpha value is -2.84. The molecule has 0 radical (unpaired) electrons. The molecule has 5 nitrogen and oxygen atoms in total. The van der Waals surface area contributed by atoms with Crippen LogP contribution in [0.5, 0.6) is 0 Å². The zero-order valence-corrected chi connectivity index (χ0v) is 14.6. The molecule has 0 saturated carbocycles. The number of anilines is 1. The number of nitriles is 1. The summed E-state index contributed by atoms with van der Waals surface area (Å²) in [6.07, 6.45) is 0.624. The second kappa shape index (κ2) is 8.86. The standard InChI is InChI=1S/C19H18ClN3O2/c1-14(24)23(11-10-15-6-8-17(20)9-7-15)13-19(25)22-18-5-3-2-4-16(18)12-21/h2-9H,10-11,13H2,1H3,(H,22,25). The molecule has 2 amide bonds. The zero-order chi connectivity index (χ0) is 18.2. The molecule has 0 spiro atoms. The highest BCUT2D eigenvalue weighted by molar-refractivity contribution is 6.30. The van der Waals surface area contributed by atoms with E-state index in [1.807, 2.05) is 18.2 Å². The number of hydrogen-bond acceptors (Lipinski definition) is 3. The summed E-state index contributed by atoms with van der Waals surface area (Å²) in [6, 6.07) is 16.1. The van der Waals surface area contributed by atoms with E-state index in [4.69, 9.17) is 16.9 Å². The van der Waals surface area contributed by atoms with Gasteiger partial charge in [-0.1, -0.05) is 35.9 Å². The van der Waals surface area contributed by atoms with E-state index in [0.29, 0.717) is 29.2 Å². The van der Waals surface area contributed by atoms with E-state index in [2.05, 4.69) is 5.32 Å². The van der Waals surface area contributed by atoms with Crippen LogP contribution in [0.4, 0.5) is 5.69 Å². The molecule has 128 valence electrons. The topological polar surface area (TPSA) is 73.2 Å². The SMILES string of the molecule is CC(=O)N(CCc1ccc(Cl)cc1)CC(=O)Nc1ccccc1C#N. The number of nitrogens with zero attached hydrogens (tertiary/aromatic N) is 2. The quantitative estimate of drug-likeness (QED) is 0.864. The van der Waals surface area contributed by atoms with E-state index in [1.165, 1.54) is 11.8 Å². The van der Waals surface area contributed by atoms with Gasteiger partial charge < -0.3 is 10.2 Å². The number of nitrogens with one attached hydrogen (secondary N) is 1. The molecule has 6 heteroatoms. The van der Waals surface area contributed by atoms with Gasteiger partial charge >= 0.3 is 0 Å². The van der Waals surface area contributed by atoms with Crippen molar-refractivity contribution in [1.82, 2.24) is 4.90 Å². The van der Waals surface area contributed by atoms with E-state index in [0.717, 1.165) is 5.56 Å². The maximum atomic E-state index is 12.2. The molecule has 2 aromatic carbocycles. The number of benzene rings is 2. The minimum Gasteiger partial charge on any atom is -0.333 e. The normalized spacial score (nSPS) is 9.96. The van der Waals surface area contributed by atoms with Gasteiger partial charge in [0, 0.05) is 18.5 Å². The molecule has 0 heterocycles. The Morgan fingerprint density at radius 1 is 1.16 bits per heavy atom. The molecule has 1 N–H and O–H groups in total. The Bertz CT molecular complexity index is 797. The van der Waals surface area contributed by atoms with Crippen LogP contribution in [0.25, 0.3) is 0 Å². The molecule has 0 aliphatic carbocycles. The van der Waals surface area contributed by atoms with Crippen molar-refractivity contribution >= 4 is 29.1 Å². The van der Waals surface area contributed by atoms with Crippen LogP contribution in [0.1, 0.15) is 18.1 Å². The first-order valence-electron chi connectivity index (χ1n) is 7.78. The average Bonchev–Trinajstić information content (AvgIpc) is 2.60. The maximum Gasteiger partial charge on any atom is 0.244 e. The fourth-order valence-corrected chi connectivity index (χ4v) is 2.44. The van der Waals surface area contributed by atoms with Gasteiger partial charge in [-0.2, -0.15) is 5.26 Å². The van der Waals surface area contributed by atoms with Crippen LogP contribution in [0, 0.1) is 11.3 Å². The zero-order valence-electron chi connectivity index (χ0n) is 13.8. The minimum absolute atomic E-state index is 0.0668. The molecule has 0 aliphatic heterocycles. The van der Waals surface area contributed by atoms with Crippen LogP contribution in [-0.4, -0.2) is 29.8 Å². The van der Waals surface area contributed by atoms with E-state index in [1.54, 1.807) is 36.4 Å². The minimum atomic E-state index is -0.339. The molecule has 2 rings (SSSR count). The van der Waals surface area contributed by atoms with Crippen molar-refractivity contribution in [2.75, 3.05) is 18.4 Å². The van der Waals surface area contributed by atoms with Gasteiger partial charge in [-0.25, -0.2) is 0 Å². The monoisotopic (exact) mass is 355 g/mol. The van der Waals surface area contributed by atoms with Crippen molar-refractivity contribution in [1.29, 1.82) is 5.26 Å². The van der Waals surface area contributed by atoms with E-state index in [-0.39, 0.29) is 18.4 Å². The number of halogens is 1. The molecule has 0 atom stereocenters. The highest BCUT2D eigenvalue weighted by Crippen LogP contribution is 2.14. The van der Waals surface area contributed by atoms with Crippen molar-refractivity contribution in [3.05, 3.63) is 64.7 Å². The highest BCUT2D eigenvalue weighted by atomic mass is 35.5. The summed E-state index contributed by atoms with van der Waals surface area (Å²) in [5.41, 5.74) is 1.86. The maximum absolute atomic E-state index is 12.2. The van der Waals surface area contributed by atoms with E-state index in [9.17, 15) is 9.59 Å². The van der Waals surface area contributed by atoms with Crippen LogP contribution in [0.3, 0.4) is 0 Å². The first kappa shape index (κ1) is 18.5. The number of hydrogen-bond donors (Lipinski definition) is 1. The fourth-order valence-electron chi connectivity index (χ4n) is 2.32. The molecule has 0 aromatic heterocycles. The molecular weight excluding hydrogens is 338 g/mol. The molecule has 2 aromatic rings. The molecule has 0 fully saturated rings. The van der Waals surface area contributed by atoms with Crippen LogP contribution >= 0.6 is 11.6 Å². The number of carbonyl (C=O) groups is 2. The predicted molar refractivity (Wildman–Crippen MR) is 97.2 cm³/mol. The van der Waals surface area contributed by atoms with Gasteiger partial charge in [0.2, 0.25) is 11.8 Å². The Balaban J connectivity index is 1.96. The van der Waals surface area contributed by atoms with Gasteiger partial charge in [0.05, 0.1) is 17.8 Å². The van der Waals surface area contributed by atoms with Crippen molar-refractivity contribution in [2.45, 2.75) is 13.3 Å². The molecule has 0 saturated heterocycles. The predicted octanol–water partition coefficient (Wildman–Crippen LogP) is 3.24. The van der Waals surface area contributed by atoms with Crippen LogP contribution in [0.2, 0.25) is 5.02 Å². The molecular formula is C19H18ClN3O2. The first-order chi connectivity index (χ1) is 12.0. The lowest BCUT2D eigenvalue weighted by Crippen LogP contribution is -2.38. The van der Waals surface area contributed by atoms with Crippen LogP contribution < -0.4 is 5.32 Å². The van der Waals surface area contributed by atoms with E-state index >= 15 is 0 Å². The lowest BCUT2D eigenvalue weighted by molar-refractivity contribution is -0.132. The number of para-hydroxylation sites is 1. The Morgan fingerprint density at radius 3 is 2.48 bits per heavy atom. The summed E-state index contributed by atoms with van der Waals surface area (Å²) >= 11 is 5.86.